The number of ketones is 1. The van der Waals surface area contributed by atoms with Gasteiger partial charge in [-0.3, -0.25) is 9.59 Å². The number of ether oxygens (including phenoxy) is 3. The van der Waals surface area contributed by atoms with Gasteiger partial charge in [0.25, 0.3) is 0 Å². The monoisotopic (exact) mass is 588 g/mol. The van der Waals surface area contributed by atoms with Crippen LogP contribution >= 0.6 is 0 Å². The van der Waals surface area contributed by atoms with Gasteiger partial charge in [0.1, 0.15) is 29.8 Å². The second-order valence-corrected chi connectivity index (χ2v) is 13.4. The highest BCUT2D eigenvalue weighted by atomic mass is 16.7. The summed E-state index contributed by atoms with van der Waals surface area (Å²) in [5.74, 6) is -3.68. The van der Waals surface area contributed by atoms with Gasteiger partial charge in [0.05, 0.1) is 17.8 Å². The highest BCUT2D eigenvalue weighted by molar-refractivity contribution is 6.00. The molecule has 0 aromatic rings. The number of likely N-dealkylation sites (N-methyl/N-ethyl adjacent to an activating group) is 2. The lowest BCUT2D eigenvalue weighted by Gasteiger charge is -2.45. The Morgan fingerprint density at radius 2 is 1.66 bits per heavy atom. The van der Waals surface area contributed by atoms with Crippen LogP contribution in [0.5, 0.6) is 0 Å². The van der Waals surface area contributed by atoms with Crippen molar-refractivity contribution >= 4 is 11.8 Å². The molecule has 0 bridgehead atoms. The zero-order valence-corrected chi connectivity index (χ0v) is 26.9. The second kappa shape index (κ2) is 14.1. The van der Waals surface area contributed by atoms with E-state index in [-0.39, 0.29) is 30.9 Å². The zero-order valence-electron chi connectivity index (χ0n) is 26.9. The average molecular weight is 589 g/mol. The van der Waals surface area contributed by atoms with Gasteiger partial charge in [-0.1, -0.05) is 20.8 Å². The Balaban J connectivity index is 2.53. The first kappa shape index (κ1) is 36.0. The number of hydrogen-bond acceptors (Lipinski definition) is 11. The van der Waals surface area contributed by atoms with E-state index in [1.165, 1.54) is 13.8 Å². The Kier molecular flexibility index (Phi) is 12.4. The van der Waals surface area contributed by atoms with E-state index in [0.29, 0.717) is 13.0 Å². The predicted molar refractivity (Wildman–Crippen MR) is 154 cm³/mol. The minimum Gasteiger partial charge on any atom is -0.459 e. The summed E-state index contributed by atoms with van der Waals surface area (Å²) in [5, 5.41) is 45.5. The lowest BCUT2D eigenvalue weighted by molar-refractivity contribution is -0.293. The fraction of sp³-hybridized carbons (Fsp3) is 0.933. The molecule has 0 radical (unpaired) electrons. The molecule has 2 saturated heterocycles. The number of aliphatic hydroxyl groups excluding tert-OH is 2. The maximum absolute atomic E-state index is 13.7. The number of nitrogens with zero attached hydrogens (tertiary/aromatic N) is 2. The molecule has 2 aliphatic rings. The van der Waals surface area contributed by atoms with Crippen molar-refractivity contribution < 1.29 is 44.2 Å². The summed E-state index contributed by atoms with van der Waals surface area (Å²) < 4.78 is 18.0. The topological polar surface area (TPSA) is 149 Å². The summed E-state index contributed by atoms with van der Waals surface area (Å²) >= 11 is 0. The highest BCUT2D eigenvalue weighted by Crippen LogP contribution is 2.35. The Labute approximate surface area is 246 Å². The molecule has 0 saturated carbocycles. The SMILES string of the molecule is CC[C@H]1OC(=O)[C@H](C)C(=O)[C@H](C)[C@@H](O[C@@H]2O[C@H](C)CC(N(C)C)[C@H]2O)[C@](C)(O)C[C@@H](C)CN(C)[C@H](C)[C@@H](O)[C@]1(C)O. The minimum atomic E-state index is -1.78. The summed E-state index contributed by atoms with van der Waals surface area (Å²) in [4.78, 5) is 30.7. The zero-order chi connectivity index (χ0) is 31.6. The Hall–Kier alpha value is -1.18. The van der Waals surface area contributed by atoms with Gasteiger partial charge in [-0.05, 0) is 80.9 Å². The van der Waals surface area contributed by atoms with Crippen LogP contribution in [-0.2, 0) is 23.8 Å². The van der Waals surface area contributed by atoms with Gasteiger partial charge in [-0.15, -0.1) is 0 Å². The molecular weight excluding hydrogens is 532 g/mol. The number of Topliss-reactive ketones (excluding diaryl/α,β-unsaturated/α-hetero) is 1. The molecule has 1 unspecified atom stereocenters. The van der Waals surface area contributed by atoms with Crippen molar-refractivity contribution in [3.05, 3.63) is 0 Å². The highest BCUT2D eigenvalue weighted by Gasteiger charge is 2.49. The van der Waals surface area contributed by atoms with Crippen molar-refractivity contribution in [2.45, 2.75) is 135 Å². The first-order chi connectivity index (χ1) is 18.8. The molecule has 0 aromatic carbocycles. The summed E-state index contributed by atoms with van der Waals surface area (Å²) in [6, 6.07) is -0.773. The molecule has 240 valence electrons. The standard InChI is InChI=1S/C30H56N2O9/c1-12-22-30(8,38)25(35)20(6)32(11)15-16(2)14-29(7,37)26(18(4)23(33)19(5)27(36)40-22)41-28-24(34)21(31(9)10)13-17(3)39-28/h16-22,24-26,28,34-35,37-38H,12-15H2,1-11H3/t16-,17-,18+,19-,20-,21?,22-,24-,25-,26-,28+,29-,30-/m1/s1. The summed E-state index contributed by atoms with van der Waals surface area (Å²) in [5.41, 5.74) is -3.34. The summed E-state index contributed by atoms with van der Waals surface area (Å²) in [6.45, 7) is 13.9. The number of esters is 1. The average Bonchev–Trinajstić information content (AvgIpc) is 2.87. The number of aliphatic hydroxyl groups is 4. The number of hydrogen-bond donors (Lipinski definition) is 4. The maximum atomic E-state index is 13.7. The van der Waals surface area contributed by atoms with Crippen molar-refractivity contribution in [2.24, 2.45) is 17.8 Å². The van der Waals surface area contributed by atoms with E-state index in [1.807, 2.05) is 44.8 Å². The van der Waals surface area contributed by atoms with Crippen LogP contribution in [0.1, 0.15) is 74.7 Å². The van der Waals surface area contributed by atoms with E-state index in [4.69, 9.17) is 14.2 Å². The third-order valence-corrected chi connectivity index (χ3v) is 9.25. The van der Waals surface area contributed by atoms with Gasteiger partial charge in [0.2, 0.25) is 0 Å². The lowest BCUT2D eigenvalue weighted by atomic mass is 9.78. The minimum absolute atomic E-state index is 0.129. The van der Waals surface area contributed by atoms with E-state index in [9.17, 15) is 30.0 Å². The third-order valence-electron chi connectivity index (χ3n) is 9.25. The molecular formula is C30H56N2O9. The largest absolute Gasteiger partial charge is 0.459 e. The van der Waals surface area contributed by atoms with Crippen LogP contribution in [0.4, 0.5) is 0 Å². The molecule has 0 amide bonds. The molecule has 0 spiro atoms. The van der Waals surface area contributed by atoms with Gasteiger partial charge in [-0.2, -0.15) is 0 Å². The Morgan fingerprint density at radius 3 is 2.20 bits per heavy atom. The van der Waals surface area contributed by atoms with Gasteiger partial charge >= 0.3 is 5.97 Å². The summed E-state index contributed by atoms with van der Waals surface area (Å²) in [7, 11) is 5.54. The maximum Gasteiger partial charge on any atom is 0.316 e. The molecule has 2 rings (SSSR count). The van der Waals surface area contributed by atoms with Crippen molar-refractivity contribution in [3.8, 4) is 0 Å². The van der Waals surface area contributed by atoms with Crippen LogP contribution in [0, 0.1) is 17.8 Å². The van der Waals surface area contributed by atoms with Crippen LogP contribution in [0.15, 0.2) is 0 Å². The van der Waals surface area contributed by atoms with E-state index < -0.39 is 71.5 Å². The smallest absolute Gasteiger partial charge is 0.316 e. The molecule has 11 nitrogen and oxygen atoms in total. The Bertz CT molecular complexity index is 882. The molecule has 2 aliphatic heterocycles. The molecule has 41 heavy (non-hydrogen) atoms. The van der Waals surface area contributed by atoms with E-state index in [0.717, 1.165) is 0 Å². The van der Waals surface area contributed by atoms with Crippen LogP contribution in [0.3, 0.4) is 0 Å². The van der Waals surface area contributed by atoms with Crippen LogP contribution in [0.25, 0.3) is 0 Å². The third kappa shape index (κ3) is 8.26. The van der Waals surface area contributed by atoms with Crippen molar-refractivity contribution in [1.82, 2.24) is 9.80 Å². The van der Waals surface area contributed by atoms with Gasteiger partial charge in [0, 0.05) is 24.5 Å². The molecule has 13 atom stereocenters. The summed E-state index contributed by atoms with van der Waals surface area (Å²) in [6.07, 6.45) is -4.79. The first-order valence-corrected chi connectivity index (χ1v) is 15.0. The van der Waals surface area contributed by atoms with Gasteiger partial charge in [-0.25, -0.2) is 0 Å². The van der Waals surface area contributed by atoms with E-state index >= 15 is 0 Å². The van der Waals surface area contributed by atoms with Crippen molar-refractivity contribution in [1.29, 1.82) is 0 Å². The van der Waals surface area contributed by atoms with Crippen molar-refractivity contribution in [3.63, 3.8) is 0 Å². The Morgan fingerprint density at radius 1 is 1.07 bits per heavy atom. The van der Waals surface area contributed by atoms with Gasteiger partial charge in [0.15, 0.2) is 12.1 Å². The fourth-order valence-corrected chi connectivity index (χ4v) is 6.58. The number of carbonyl (C=O) groups excluding carboxylic acids is 2. The van der Waals surface area contributed by atoms with Gasteiger partial charge < -0.3 is 44.4 Å². The lowest BCUT2D eigenvalue weighted by Crippen LogP contribution is -2.59. The number of carbonyl (C=O) groups is 2. The molecule has 0 aromatic heterocycles. The van der Waals surface area contributed by atoms with Crippen LogP contribution in [0.2, 0.25) is 0 Å². The molecule has 2 fully saturated rings. The molecule has 4 N–H and O–H groups in total. The predicted octanol–water partition coefficient (Wildman–Crippen LogP) is 1.18. The van der Waals surface area contributed by atoms with Crippen molar-refractivity contribution in [2.75, 3.05) is 27.7 Å². The molecule has 11 heteroatoms. The normalized spacial score (nSPS) is 46.6. The number of rotatable bonds is 4. The first-order valence-electron chi connectivity index (χ1n) is 15.0. The van der Waals surface area contributed by atoms with E-state index in [1.54, 1.807) is 27.7 Å². The molecule has 0 aliphatic carbocycles. The van der Waals surface area contributed by atoms with Crippen LogP contribution < -0.4 is 0 Å². The molecule has 2 heterocycles. The second-order valence-electron chi connectivity index (χ2n) is 13.4. The quantitative estimate of drug-likeness (QED) is 0.277. The van der Waals surface area contributed by atoms with Crippen LogP contribution in [-0.4, -0.2) is 130 Å². The number of cyclic esters (lactones) is 1. The fourth-order valence-electron chi connectivity index (χ4n) is 6.58. The van der Waals surface area contributed by atoms with E-state index in [2.05, 4.69) is 0 Å².